The molecule has 0 fully saturated rings. The molecule has 0 aliphatic rings. The third kappa shape index (κ3) is 7.32. The number of benzene rings is 2. The van der Waals surface area contributed by atoms with Gasteiger partial charge in [-0.25, -0.2) is 0 Å². The Hall–Kier alpha value is -2.14. The summed E-state index contributed by atoms with van der Waals surface area (Å²) in [6, 6.07) is 17.5. The van der Waals surface area contributed by atoms with Gasteiger partial charge in [0.25, 0.3) is 0 Å². The first kappa shape index (κ1) is 21.6. The zero-order chi connectivity index (χ0) is 20.5. The van der Waals surface area contributed by atoms with Crippen LogP contribution in [0.4, 0.5) is 16.5 Å². The van der Waals surface area contributed by atoms with E-state index in [1.165, 1.54) is 23.3 Å². The zero-order valence-corrected chi connectivity index (χ0v) is 18.8. The number of nitrogens with zero attached hydrogens (tertiary/aromatic N) is 2. The normalized spacial score (nSPS) is 10.4. The van der Waals surface area contributed by atoms with Gasteiger partial charge in [-0.05, 0) is 48.3 Å². The summed E-state index contributed by atoms with van der Waals surface area (Å²) in [5.41, 5.74) is 1.78. The standard InChI is InChI=1S/C19H19N5OS4/c1-2-27-19-23-18(29-24-19)22-16(25)12-28-15-10-6-9-14(11-15)21-17(26)20-13-7-4-3-5-8-13/h3-11H,2,12H2,1H3,(H2,20,21,26)(H,22,23,24,25). The summed E-state index contributed by atoms with van der Waals surface area (Å²) in [4.78, 5) is 17.4. The van der Waals surface area contributed by atoms with Crippen molar-refractivity contribution in [3.05, 3.63) is 54.6 Å². The van der Waals surface area contributed by atoms with Crippen LogP contribution in [-0.2, 0) is 4.79 Å². The first-order chi connectivity index (χ1) is 14.1. The van der Waals surface area contributed by atoms with Crippen molar-refractivity contribution >= 4 is 74.8 Å². The molecule has 0 saturated heterocycles. The lowest BCUT2D eigenvalue weighted by Gasteiger charge is -2.11. The van der Waals surface area contributed by atoms with Gasteiger partial charge in [0.15, 0.2) is 5.11 Å². The molecule has 150 valence electrons. The predicted octanol–water partition coefficient (Wildman–Crippen LogP) is 5.19. The molecule has 2 aromatic carbocycles. The van der Waals surface area contributed by atoms with Gasteiger partial charge in [-0.2, -0.15) is 9.36 Å². The number of amides is 1. The molecule has 0 spiro atoms. The number of thioether (sulfide) groups is 2. The van der Waals surface area contributed by atoms with E-state index in [1.807, 2.05) is 61.5 Å². The zero-order valence-electron chi connectivity index (χ0n) is 15.5. The van der Waals surface area contributed by atoms with E-state index >= 15 is 0 Å². The average Bonchev–Trinajstić information content (AvgIpc) is 3.14. The first-order valence-corrected chi connectivity index (χ1v) is 11.9. The van der Waals surface area contributed by atoms with Crippen molar-refractivity contribution in [2.75, 3.05) is 27.5 Å². The first-order valence-electron chi connectivity index (χ1n) is 8.74. The second-order valence-corrected chi connectivity index (χ2v) is 9.06. The highest BCUT2D eigenvalue weighted by atomic mass is 32.2. The highest BCUT2D eigenvalue weighted by Gasteiger charge is 2.09. The van der Waals surface area contributed by atoms with Crippen molar-refractivity contribution in [1.82, 2.24) is 9.36 Å². The molecule has 3 N–H and O–H groups in total. The van der Waals surface area contributed by atoms with Gasteiger partial charge >= 0.3 is 0 Å². The van der Waals surface area contributed by atoms with E-state index in [4.69, 9.17) is 12.2 Å². The summed E-state index contributed by atoms with van der Waals surface area (Å²) in [5.74, 6) is 1.07. The molecular weight excluding hydrogens is 443 g/mol. The quantitative estimate of drug-likeness (QED) is 0.312. The molecule has 0 radical (unpaired) electrons. The topological polar surface area (TPSA) is 78.9 Å². The van der Waals surface area contributed by atoms with Crippen LogP contribution in [-0.4, -0.2) is 31.9 Å². The molecular formula is C19H19N5OS4. The fourth-order valence-corrected chi connectivity index (χ4v) is 4.51. The molecule has 0 atom stereocenters. The minimum atomic E-state index is -0.112. The fraction of sp³-hybridized carbons (Fsp3) is 0.158. The minimum absolute atomic E-state index is 0.112. The Labute approximate surface area is 187 Å². The van der Waals surface area contributed by atoms with Crippen molar-refractivity contribution in [2.24, 2.45) is 0 Å². The number of anilines is 3. The van der Waals surface area contributed by atoms with E-state index in [0.717, 1.165) is 22.0 Å². The van der Waals surface area contributed by atoms with Crippen LogP contribution in [0.15, 0.2) is 64.6 Å². The number of para-hydroxylation sites is 1. The Kier molecular flexibility index (Phi) is 8.29. The summed E-state index contributed by atoms with van der Waals surface area (Å²) < 4.78 is 4.19. The van der Waals surface area contributed by atoms with Gasteiger partial charge in [-0.15, -0.1) is 11.8 Å². The van der Waals surface area contributed by atoms with Crippen LogP contribution >= 0.6 is 47.3 Å². The van der Waals surface area contributed by atoms with Crippen molar-refractivity contribution in [3.8, 4) is 0 Å². The summed E-state index contributed by atoms with van der Waals surface area (Å²) in [5, 5.41) is 10.8. The van der Waals surface area contributed by atoms with E-state index in [2.05, 4.69) is 25.3 Å². The van der Waals surface area contributed by atoms with Crippen LogP contribution in [0.5, 0.6) is 0 Å². The summed E-state index contributed by atoms with van der Waals surface area (Å²) in [6.45, 7) is 2.04. The van der Waals surface area contributed by atoms with Gasteiger partial charge in [0.1, 0.15) is 0 Å². The van der Waals surface area contributed by atoms with Crippen molar-refractivity contribution < 1.29 is 4.79 Å². The van der Waals surface area contributed by atoms with Crippen LogP contribution in [0.1, 0.15) is 6.92 Å². The van der Waals surface area contributed by atoms with Gasteiger partial charge in [-0.1, -0.05) is 43.0 Å². The largest absolute Gasteiger partial charge is 0.332 e. The molecule has 0 unspecified atom stereocenters. The lowest BCUT2D eigenvalue weighted by Crippen LogP contribution is -2.19. The Balaban J connectivity index is 1.48. The average molecular weight is 462 g/mol. The van der Waals surface area contributed by atoms with E-state index in [9.17, 15) is 4.79 Å². The predicted molar refractivity (Wildman–Crippen MR) is 128 cm³/mol. The summed E-state index contributed by atoms with van der Waals surface area (Å²) in [6.07, 6.45) is 0. The molecule has 3 rings (SSSR count). The third-order valence-corrected chi connectivity index (χ3v) is 6.09. The summed E-state index contributed by atoms with van der Waals surface area (Å²) in [7, 11) is 0. The molecule has 3 aromatic rings. The number of rotatable bonds is 8. The van der Waals surface area contributed by atoms with E-state index in [0.29, 0.717) is 15.4 Å². The third-order valence-electron chi connectivity index (χ3n) is 3.42. The number of carbonyl (C=O) groups is 1. The van der Waals surface area contributed by atoms with Crippen molar-refractivity contribution in [2.45, 2.75) is 17.0 Å². The van der Waals surface area contributed by atoms with Gasteiger partial charge in [0.2, 0.25) is 16.2 Å². The van der Waals surface area contributed by atoms with Gasteiger partial charge < -0.3 is 10.6 Å². The fourth-order valence-electron chi connectivity index (χ4n) is 2.23. The van der Waals surface area contributed by atoms with Crippen molar-refractivity contribution in [3.63, 3.8) is 0 Å². The minimum Gasteiger partial charge on any atom is -0.332 e. The SMILES string of the molecule is CCSc1nsc(NC(=O)CSc2cccc(NC(=S)Nc3ccccc3)c2)n1. The van der Waals surface area contributed by atoms with Crippen LogP contribution in [0.2, 0.25) is 0 Å². The highest BCUT2D eigenvalue weighted by molar-refractivity contribution is 8.00. The molecule has 1 aromatic heterocycles. The number of hydrogen-bond acceptors (Lipinski definition) is 7. The van der Waals surface area contributed by atoms with Crippen LogP contribution in [0, 0.1) is 0 Å². The Morgan fingerprint density at radius 3 is 2.59 bits per heavy atom. The Bertz CT molecular complexity index is 964. The number of carbonyl (C=O) groups excluding carboxylic acids is 1. The van der Waals surface area contributed by atoms with E-state index in [1.54, 1.807) is 11.8 Å². The highest BCUT2D eigenvalue weighted by Crippen LogP contribution is 2.23. The number of aromatic nitrogens is 2. The molecule has 6 nitrogen and oxygen atoms in total. The van der Waals surface area contributed by atoms with Crippen LogP contribution < -0.4 is 16.0 Å². The van der Waals surface area contributed by atoms with Crippen LogP contribution in [0.3, 0.4) is 0 Å². The molecule has 10 heteroatoms. The monoisotopic (exact) mass is 461 g/mol. The molecule has 0 bridgehead atoms. The number of thiocarbonyl (C=S) groups is 1. The summed E-state index contributed by atoms with van der Waals surface area (Å²) >= 11 is 9.54. The van der Waals surface area contributed by atoms with E-state index in [-0.39, 0.29) is 11.7 Å². The number of hydrogen-bond donors (Lipinski definition) is 3. The Morgan fingerprint density at radius 2 is 1.79 bits per heavy atom. The molecule has 0 saturated carbocycles. The smallest absolute Gasteiger partial charge is 0.236 e. The number of nitrogens with one attached hydrogen (secondary N) is 3. The molecule has 1 amide bonds. The Morgan fingerprint density at radius 1 is 1.03 bits per heavy atom. The molecule has 0 aliphatic carbocycles. The maximum atomic E-state index is 12.2. The molecule has 1 heterocycles. The van der Waals surface area contributed by atoms with E-state index < -0.39 is 0 Å². The van der Waals surface area contributed by atoms with Gasteiger partial charge in [0, 0.05) is 27.8 Å². The lowest BCUT2D eigenvalue weighted by molar-refractivity contribution is -0.113. The molecule has 0 aliphatic heterocycles. The second-order valence-electron chi connectivity index (χ2n) is 5.62. The maximum Gasteiger partial charge on any atom is 0.236 e. The van der Waals surface area contributed by atoms with Gasteiger partial charge in [0.05, 0.1) is 5.75 Å². The van der Waals surface area contributed by atoms with Crippen molar-refractivity contribution in [1.29, 1.82) is 0 Å². The van der Waals surface area contributed by atoms with Crippen LogP contribution in [0.25, 0.3) is 0 Å². The lowest BCUT2D eigenvalue weighted by atomic mass is 10.3. The van der Waals surface area contributed by atoms with Gasteiger partial charge in [-0.3, -0.25) is 10.1 Å². The second kappa shape index (κ2) is 11.1. The molecule has 29 heavy (non-hydrogen) atoms. The maximum absolute atomic E-state index is 12.2.